The topological polar surface area (TPSA) is 182 Å². The molecule has 0 radical (unpaired) electrons. The summed E-state index contributed by atoms with van der Waals surface area (Å²) in [5.41, 5.74) is 7.62. The van der Waals surface area contributed by atoms with E-state index in [0.717, 1.165) is 64.2 Å². The van der Waals surface area contributed by atoms with E-state index in [1.165, 1.54) is 0 Å². The van der Waals surface area contributed by atoms with Gasteiger partial charge in [-0.1, -0.05) is 66.2 Å². The van der Waals surface area contributed by atoms with Gasteiger partial charge in [-0.15, -0.1) is 10.3 Å². The lowest BCUT2D eigenvalue weighted by Gasteiger charge is -2.64. The molecule has 12 nitrogen and oxygen atoms in total. The number of nitriles is 1. The molecule has 0 spiro atoms. The van der Waals surface area contributed by atoms with Gasteiger partial charge in [0.25, 0.3) is 0 Å². The number of guanidine groups is 1. The fourth-order valence-corrected chi connectivity index (χ4v) is 7.80. The van der Waals surface area contributed by atoms with Crippen LogP contribution in [0.1, 0.15) is 131 Å². The molecule has 1 aliphatic heterocycles. The molecule has 1 heterocycles. The average molecular weight is 645 g/mol. The van der Waals surface area contributed by atoms with Crippen LogP contribution in [-0.4, -0.2) is 55.1 Å². The minimum atomic E-state index is -0.734. The number of hydrogen-bond donors (Lipinski definition) is 5. The van der Waals surface area contributed by atoms with Crippen molar-refractivity contribution in [3.63, 3.8) is 0 Å². The first-order valence-corrected chi connectivity index (χ1v) is 17.7. The summed E-state index contributed by atoms with van der Waals surface area (Å²) in [4.78, 5) is 40.0. The molecule has 0 aromatic rings. The van der Waals surface area contributed by atoms with Gasteiger partial charge in [0.05, 0.1) is 30.3 Å². The highest BCUT2D eigenvalue weighted by Gasteiger charge is 2.68. The summed E-state index contributed by atoms with van der Waals surface area (Å²) >= 11 is 0. The SMILES string of the molecule is CC(C)C[C@H](NC(=O)[C@H](CCC[NH+]=C(N)NN=O)NC(=O)CCCCCCCCCCC#N)B1O[C@@H]2C[C@@H]3C[C@@H](C3(C)C)[C@]2(C)O1. The molecule has 3 saturated carbocycles. The summed E-state index contributed by atoms with van der Waals surface area (Å²) in [5.74, 6) is 0.642. The van der Waals surface area contributed by atoms with Crippen molar-refractivity contribution >= 4 is 24.9 Å². The second kappa shape index (κ2) is 18.0. The first-order valence-electron chi connectivity index (χ1n) is 17.7. The Hall–Kier alpha value is -2.72. The zero-order chi connectivity index (χ0) is 33.7. The van der Waals surface area contributed by atoms with Crippen LogP contribution in [0.4, 0.5) is 0 Å². The van der Waals surface area contributed by atoms with Crippen molar-refractivity contribution in [2.24, 2.45) is 34.2 Å². The van der Waals surface area contributed by atoms with E-state index in [2.05, 4.69) is 67.0 Å². The lowest BCUT2D eigenvalue weighted by molar-refractivity contribution is -0.461. The highest BCUT2D eigenvalue weighted by Crippen LogP contribution is 2.65. The van der Waals surface area contributed by atoms with Gasteiger partial charge in [0, 0.05) is 12.8 Å². The Morgan fingerprint density at radius 2 is 1.72 bits per heavy atom. The third-order valence-electron chi connectivity index (χ3n) is 10.6. The minimum Gasteiger partial charge on any atom is -0.404 e. The summed E-state index contributed by atoms with van der Waals surface area (Å²) in [6, 6.07) is 1.45. The van der Waals surface area contributed by atoms with E-state index in [-0.39, 0.29) is 40.8 Å². The highest BCUT2D eigenvalue weighted by molar-refractivity contribution is 6.48. The number of nitroso groups, excluding NO2 is 1. The van der Waals surface area contributed by atoms with Gasteiger partial charge in [-0.3, -0.25) is 20.3 Å². The predicted molar refractivity (Wildman–Crippen MR) is 178 cm³/mol. The quantitative estimate of drug-likeness (QED) is 0.0315. The molecule has 0 unspecified atom stereocenters. The van der Waals surface area contributed by atoms with E-state index in [4.69, 9.17) is 20.3 Å². The van der Waals surface area contributed by atoms with Gasteiger partial charge in [0.2, 0.25) is 11.8 Å². The Labute approximate surface area is 276 Å². The average Bonchev–Trinajstić information content (AvgIpc) is 3.36. The summed E-state index contributed by atoms with van der Waals surface area (Å²) in [7, 11) is -0.544. The van der Waals surface area contributed by atoms with Crippen LogP contribution >= 0.6 is 0 Å². The number of amides is 2. The lowest BCUT2D eigenvalue weighted by Crippen LogP contribution is -2.78. The number of carbonyl (C=O) groups excluding carboxylic acids is 2. The summed E-state index contributed by atoms with van der Waals surface area (Å²) in [5, 5.41) is 17.4. The molecule has 4 aliphatic rings. The molecule has 0 aromatic carbocycles. The Kier molecular flexibility index (Phi) is 14.8. The number of nitrogens with two attached hydrogens (primary N) is 1. The zero-order valence-corrected chi connectivity index (χ0v) is 28.9. The fraction of sp³-hybridized carbons (Fsp3) is 0.879. The minimum absolute atomic E-state index is 0.0159. The van der Waals surface area contributed by atoms with Gasteiger partial charge >= 0.3 is 13.1 Å². The van der Waals surface area contributed by atoms with Gasteiger partial charge in [-0.05, 0) is 75.0 Å². The summed E-state index contributed by atoms with van der Waals surface area (Å²) in [6.07, 6.45) is 13.0. The Balaban J connectivity index is 1.56. The third-order valence-corrected chi connectivity index (χ3v) is 10.6. The van der Waals surface area contributed by atoms with Crippen molar-refractivity contribution in [3.8, 4) is 6.07 Å². The van der Waals surface area contributed by atoms with E-state index < -0.39 is 13.2 Å². The smallest absolute Gasteiger partial charge is 0.404 e. The van der Waals surface area contributed by atoms with Crippen LogP contribution in [0.15, 0.2) is 5.29 Å². The molecule has 6 N–H and O–H groups in total. The lowest BCUT2D eigenvalue weighted by atomic mass is 9.43. The maximum atomic E-state index is 13.8. The van der Waals surface area contributed by atoms with Crippen molar-refractivity contribution in [3.05, 3.63) is 4.91 Å². The molecule has 0 aromatic heterocycles. The number of hydrogen-bond acceptors (Lipinski definition) is 7. The highest BCUT2D eigenvalue weighted by atomic mass is 16.7. The Morgan fingerprint density at radius 1 is 1.04 bits per heavy atom. The summed E-state index contributed by atoms with van der Waals surface area (Å²) in [6.45, 7) is 11.5. The Morgan fingerprint density at radius 3 is 2.35 bits per heavy atom. The largest absolute Gasteiger partial charge is 0.481 e. The molecule has 2 bridgehead atoms. The van der Waals surface area contributed by atoms with Crippen molar-refractivity contribution < 1.29 is 23.9 Å². The molecular formula is C33H59BN7O5+. The first kappa shape index (κ1) is 37.7. The van der Waals surface area contributed by atoms with E-state index in [9.17, 15) is 14.5 Å². The van der Waals surface area contributed by atoms with Gasteiger partial charge in [0.15, 0.2) is 0 Å². The fourth-order valence-electron chi connectivity index (χ4n) is 7.80. The molecule has 3 aliphatic carbocycles. The van der Waals surface area contributed by atoms with Crippen molar-refractivity contribution in [2.45, 2.75) is 155 Å². The molecule has 2 amide bonds. The van der Waals surface area contributed by atoms with Crippen LogP contribution in [0.25, 0.3) is 0 Å². The van der Waals surface area contributed by atoms with Crippen LogP contribution in [0, 0.1) is 39.4 Å². The molecule has 1 saturated heterocycles. The molecule has 6 atom stereocenters. The predicted octanol–water partition coefficient (Wildman–Crippen LogP) is 3.14. The van der Waals surface area contributed by atoms with E-state index in [1.807, 2.05) is 0 Å². The van der Waals surface area contributed by atoms with Gasteiger partial charge < -0.3 is 19.9 Å². The van der Waals surface area contributed by atoms with E-state index in [0.29, 0.717) is 56.4 Å². The van der Waals surface area contributed by atoms with Crippen LogP contribution in [0.5, 0.6) is 0 Å². The van der Waals surface area contributed by atoms with Crippen LogP contribution in [0.2, 0.25) is 0 Å². The standard InChI is InChI=1S/C33H58BN7O5/c1-23(2)20-28(34-45-27-22-24-21-26(32(24,3)4)33(27,5)46-34)39-30(43)25(16-15-19-37-31(36)40-41-44)38-29(42)17-13-11-9-7-6-8-10-12-14-18-35/h23-28H,6-17,19-22H2,1-5H3,(H,38,42)(H,39,43)(H3,36,37,40,44)/p+1/t24-,25-,26-,27+,28-,33-/m0/s1. The van der Waals surface area contributed by atoms with Crippen LogP contribution in [0.3, 0.4) is 0 Å². The number of unbranched alkanes of at least 4 members (excludes halogenated alkanes) is 8. The molecule has 4 rings (SSSR count). The number of carbonyl (C=O) groups is 2. The van der Waals surface area contributed by atoms with Gasteiger partial charge in [-0.2, -0.15) is 5.26 Å². The van der Waals surface area contributed by atoms with Gasteiger partial charge in [0.1, 0.15) is 11.3 Å². The molecular weight excluding hydrogens is 585 g/mol. The monoisotopic (exact) mass is 644 g/mol. The zero-order valence-electron chi connectivity index (χ0n) is 28.9. The Bertz CT molecular complexity index is 1080. The second-order valence-corrected chi connectivity index (χ2v) is 14.9. The van der Waals surface area contributed by atoms with Crippen molar-refractivity contribution in [2.75, 3.05) is 6.54 Å². The number of nitrogens with one attached hydrogen (secondary N) is 4. The normalized spacial score (nSPS) is 26.0. The summed E-state index contributed by atoms with van der Waals surface area (Å²) < 4.78 is 13.3. The first-order chi connectivity index (χ1) is 21.9. The molecule has 4 fully saturated rings. The van der Waals surface area contributed by atoms with Crippen LogP contribution in [-0.2, 0) is 18.9 Å². The van der Waals surface area contributed by atoms with E-state index in [1.54, 1.807) is 0 Å². The number of nitrogens with zero attached hydrogens (tertiary/aromatic N) is 2. The van der Waals surface area contributed by atoms with Crippen LogP contribution < -0.4 is 26.8 Å². The maximum absolute atomic E-state index is 13.8. The molecule has 46 heavy (non-hydrogen) atoms. The second-order valence-electron chi connectivity index (χ2n) is 14.9. The third kappa shape index (κ3) is 10.4. The molecule has 258 valence electrons. The molecule has 13 heteroatoms. The maximum Gasteiger partial charge on any atom is 0.481 e. The van der Waals surface area contributed by atoms with Crippen molar-refractivity contribution in [1.29, 1.82) is 5.26 Å². The van der Waals surface area contributed by atoms with E-state index >= 15 is 0 Å². The van der Waals surface area contributed by atoms with Gasteiger partial charge in [-0.25, -0.2) is 0 Å². The van der Waals surface area contributed by atoms with Crippen molar-refractivity contribution in [1.82, 2.24) is 16.1 Å². The number of rotatable bonds is 21.